The maximum atomic E-state index is 12.3. The van der Waals surface area contributed by atoms with E-state index >= 15 is 0 Å². The van der Waals surface area contributed by atoms with Crippen LogP contribution in [0.2, 0.25) is 0 Å². The van der Waals surface area contributed by atoms with Crippen LogP contribution in [0.4, 0.5) is 0 Å². The Morgan fingerprint density at radius 3 is 2.48 bits per heavy atom. The second-order valence-corrected chi connectivity index (χ2v) is 4.59. The molecule has 21 heavy (non-hydrogen) atoms. The van der Waals surface area contributed by atoms with Crippen molar-refractivity contribution >= 4 is 23.9 Å². The molecule has 0 radical (unpaired) electrons. The van der Waals surface area contributed by atoms with E-state index in [0.29, 0.717) is 17.7 Å². The number of hydrogen-bond acceptors (Lipinski definition) is 3. The van der Waals surface area contributed by atoms with Crippen molar-refractivity contribution < 1.29 is 19.5 Å². The van der Waals surface area contributed by atoms with Crippen molar-refractivity contribution in [3.05, 3.63) is 41.0 Å². The third-order valence-electron chi connectivity index (χ3n) is 2.78. The fraction of sp³-hybridized carbons (Fsp3) is 0.267. The minimum absolute atomic E-state index is 0.149. The van der Waals surface area contributed by atoms with E-state index < -0.39 is 11.9 Å². The quantitative estimate of drug-likeness (QED) is 0.764. The van der Waals surface area contributed by atoms with Gasteiger partial charge in [-0.3, -0.25) is 9.59 Å². The molecule has 112 valence electrons. The molecule has 0 spiro atoms. The second-order valence-electron chi connectivity index (χ2n) is 4.59. The van der Waals surface area contributed by atoms with E-state index in [1.807, 2.05) is 0 Å². The number of primary amides is 1. The monoisotopic (exact) mass is 290 g/mol. The first kappa shape index (κ1) is 16.4. The van der Waals surface area contributed by atoms with Gasteiger partial charge in [0, 0.05) is 18.2 Å². The summed E-state index contributed by atoms with van der Waals surface area (Å²) in [6.45, 7) is 3.76. The topological polar surface area (TPSA) is 101 Å². The molecule has 6 heteroatoms. The zero-order valence-corrected chi connectivity index (χ0v) is 12.0. The summed E-state index contributed by atoms with van der Waals surface area (Å²) in [5.74, 6) is -1.96. The van der Waals surface area contributed by atoms with E-state index in [1.54, 1.807) is 32.0 Å². The smallest absolute Gasteiger partial charge is 0.328 e. The van der Waals surface area contributed by atoms with Crippen LogP contribution in [0.5, 0.6) is 0 Å². The molecule has 1 aromatic rings. The fourth-order valence-corrected chi connectivity index (χ4v) is 1.90. The van der Waals surface area contributed by atoms with Gasteiger partial charge < -0.3 is 15.7 Å². The van der Waals surface area contributed by atoms with Gasteiger partial charge in [0.15, 0.2) is 0 Å². The lowest BCUT2D eigenvalue weighted by atomic mass is 10.0. The first-order valence-electron chi connectivity index (χ1n) is 6.43. The second kappa shape index (κ2) is 7.23. The van der Waals surface area contributed by atoms with E-state index in [1.165, 1.54) is 11.0 Å². The van der Waals surface area contributed by atoms with Crippen LogP contribution in [0.3, 0.4) is 0 Å². The molecule has 0 unspecified atom stereocenters. The minimum Gasteiger partial charge on any atom is -0.478 e. The van der Waals surface area contributed by atoms with E-state index in [-0.39, 0.29) is 12.5 Å². The standard InChI is InChI=1S/C15H18N2O4/c1-3-17(9-13(16)18)15(21)12-7-10(2)6-11(8-12)4-5-14(19)20/h4-8H,3,9H2,1-2H3,(H2,16,18)(H,19,20)/b5-4+. The van der Waals surface area contributed by atoms with Crippen LogP contribution in [-0.4, -0.2) is 40.9 Å². The van der Waals surface area contributed by atoms with Crippen molar-refractivity contribution in [1.82, 2.24) is 4.90 Å². The predicted molar refractivity (Wildman–Crippen MR) is 78.6 cm³/mol. The molecule has 0 saturated carbocycles. The van der Waals surface area contributed by atoms with E-state index in [4.69, 9.17) is 10.8 Å². The summed E-state index contributed by atoms with van der Waals surface area (Å²) in [7, 11) is 0. The van der Waals surface area contributed by atoms with Crippen LogP contribution in [-0.2, 0) is 9.59 Å². The number of aliphatic carboxylic acids is 1. The largest absolute Gasteiger partial charge is 0.478 e. The number of aryl methyl sites for hydroxylation is 1. The highest BCUT2D eigenvalue weighted by atomic mass is 16.4. The lowest BCUT2D eigenvalue weighted by Gasteiger charge is -2.19. The summed E-state index contributed by atoms with van der Waals surface area (Å²) in [5.41, 5.74) is 6.94. The van der Waals surface area contributed by atoms with Gasteiger partial charge in [0.05, 0.1) is 6.54 Å². The Hall–Kier alpha value is -2.63. The molecule has 0 heterocycles. The number of benzene rings is 1. The number of rotatable bonds is 6. The van der Waals surface area contributed by atoms with Gasteiger partial charge >= 0.3 is 5.97 Å². The molecule has 0 aliphatic rings. The first-order valence-corrected chi connectivity index (χ1v) is 6.43. The molecule has 0 fully saturated rings. The number of nitrogens with zero attached hydrogens (tertiary/aromatic N) is 1. The van der Waals surface area contributed by atoms with Crippen molar-refractivity contribution in [3.63, 3.8) is 0 Å². The number of carbonyl (C=O) groups excluding carboxylic acids is 2. The van der Waals surface area contributed by atoms with Crippen LogP contribution in [0.25, 0.3) is 6.08 Å². The Balaban J connectivity index is 3.08. The highest BCUT2D eigenvalue weighted by Gasteiger charge is 2.16. The van der Waals surface area contributed by atoms with Crippen molar-refractivity contribution in [3.8, 4) is 0 Å². The van der Waals surface area contributed by atoms with E-state index in [0.717, 1.165) is 11.6 Å². The summed E-state index contributed by atoms with van der Waals surface area (Å²) < 4.78 is 0. The average Bonchev–Trinajstić information content (AvgIpc) is 2.41. The highest BCUT2D eigenvalue weighted by molar-refractivity contribution is 5.97. The molecule has 0 saturated heterocycles. The number of carboxylic acid groups (broad SMARTS) is 1. The SMILES string of the molecule is CCN(CC(N)=O)C(=O)c1cc(C)cc(/C=C/C(=O)O)c1. The molecule has 0 atom stereocenters. The molecule has 0 bridgehead atoms. The zero-order chi connectivity index (χ0) is 16.0. The van der Waals surface area contributed by atoms with Gasteiger partial charge in [0.2, 0.25) is 5.91 Å². The molecule has 0 aromatic heterocycles. The molecule has 3 N–H and O–H groups in total. The summed E-state index contributed by atoms with van der Waals surface area (Å²) in [6.07, 6.45) is 2.42. The van der Waals surface area contributed by atoms with Crippen molar-refractivity contribution in [1.29, 1.82) is 0 Å². The Morgan fingerprint density at radius 2 is 1.95 bits per heavy atom. The van der Waals surface area contributed by atoms with Gasteiger partial charge in [-0.2, -0.15) is 0 Å². The van der Waals surface area contributed by atoms with E-state index in [2.05, 4.69) is 0 Å². The van der Waals surface area contributed by atoms with Crippen LogP contribution in [0.15, 0.2) is 24.3 Å². The van der Waals surface area contributed by atoms with Crippen molar-refractivity contribution in [2.45, 2.75) is 13.8 Å². The number of carbonyl (C=O) groups is 3. The highest BCUT2D eigenvalue weighted by Crippen LogP contribution is 2.13. The molecule has 1 aromatic carbocycles. The summed E-state index contributed by atoms with van der Waals surface area (Å²) in [4.78, 5) is 35.2. The summed E-state index contributed by atoms with van der Waals surface area (Å²) in [6, 6.07) is 5.03. The molecule has 1 rings (SSSR count). The molecule has 0 aliphatic carbocycles. The van der Waals surface area contributed by atoms with Crippen LogP contribution < -0.4 is 5.73 Å². The van der Waals surface area contributed by atoms with Gasteiger partial charge in [-0.15, -0.1) is 0 Å². The molecule has 2 amide bonds. The number of amides is 2. The summed E-state index contributed by atoms with van der Waals surface area (Å²) in [5, 5.41) is 8.63. The fourth-order valence-electron chi connectivity index (χ4n) is 1.90. The van der Waals surface area contributed by atoms with Gasteiger partial charge in [-0.25, -0.2) is 4.79 Å². The third-order valence-corrected chi connectivity index (χ3v) is 2.78. The maximum Gasteiger partial charge on any atom is 0.328 e. The van der Waals surface area contributed by atoms with Gasteiger partial charge in [-0.1, -0.05) is 6.07 Å². The molecular formula is C15H18N2O4. The minimum atomic E-state index is -1.06. The Labute approximate surface area is 122 Å². The molecule has 6 nitrogen and oxygen atoms in total. The lowest BCUT2D eigenvalue weighted by Crippen LogP contribution is -2.38. The van der Waals surface area contributed by atoms with Gasteiger partial charge in [-0.05, 0) is 43.2 Å². The van der Waals surface area contributed by atoms with Gasteiger partial charge in [0.25, 0.3) is 5.91 Å². The lowest BCUT2D eigenvalue weighted by molar-refractivity contribution is -0.131. The van der Waals surface area contributed by atoms with Crippen LogP contribution in [0.1, 0.15) is 28.4 Å². The first-order chi connectivity index (χ1) is 9.83. The number of nitrogens with two attached hydrogens (primary N) is 1. The van der Waals surface area contributed by atoms with Gasteiger partial charge in [0.1, 0.15) is 0 Å². The Bertz CT molecular complexity index is 593. The number of hydrogen-bond donors (Lipinski definition) is 2. The maximum absolute atomic E-state index is 12.3. The molecule has 0 aliphatic heterocycles. The van der Waals surface area contributed by atoms with Crippen LogP contribution >= 0.6 is 0 Å². The third kappa shape index (κ3) is 5.10. The summed E-state index contributed by atoms with van der Waals surface area (Å²) >= 11 is 0. The molecular weight excluding hydrogens is 272 g/mol. The number of likely N-dealkylation sites (N-methyl/N-ethyl adjacent to an activating group) is 1. The van der Waals surface area contributed by atoms with Crippen molar-refractivity contribution in [2.75, 3.05) is 13.1 Å². The normalized spacial score (nSPS) is 10.6. The number of carboxylic acids is 1. The predicted octanol–water partition coefficient (Wildman–Crippen LogP) is 1.04. The Morgan fingerprint density at radius 1 is 1.29 bits per heavy atom. The van der Waals surface area contributed by atoms with E-state index in [9.17, 15) is 14.4 Å². The average molecular weight is 290 g/mol. The Kier molecular flexibility index (Phi) is 5.66. The van der Waals surface area contributed by atoms with Crippen molar-refractivity contribution in [2.24, 2.45) is 5.73 Å². The van der Waals surface area contributed by atoms with Crippen LogP contribution in [0, 0.1) is 6.92 Å². The zero-order valence-electron chi connectivity index (χ0n) is 12.0.